The Labute approximate surface area is 80.1 Å². The van der Waals surface area contributed by atoms with Gasteiger partial charge in [0.1, 0.15) is 6.04 Å². The highest BCUT2D eigenvalue weighted by atomic mass is 31.0. The normalized spacial score (nSPS) is 22.7. The number of alkyl halides is 3. The van der Waals surface area contributed by atoms with Crippen molar-refractivity contribution in [3.8, 4) is 0 Å². The van der Waals surface area contributed by atoms with Crippen LogP contribution in [0.15, 0.2) is 0 Å². The van der Waals surface area contributed by atoms with Crippen LogP contribution in [-0.2, 0) is 9.59 Å². The van der Waals surface area contributed by atoms with Gasteiger partial charge in [-0.1, -0.05) is 0 Å². The first kappa shape index (κ1) is 11.2. The van der Waals surface area contributed by atoms with E-state index < -0.39 is 24.0 Å². The van der Waals surface area contributed by atoms with E-state index in [1.807, 2.05) is 0 Å². The third-order valence-electron chi connectivity index (χ3n) is 1.80. The summed E-state index contributed by atoms with van der Waals surface area (Å²) < 4.78 is 36.5. The lowest BCUT2D eigenvalue weighted by atomic mass is 10.2. The Balaban J connectivity index is 2.54. The molecule has 0 spiro atoms. The molecule has 0 saturated carbocycles. The molecule has 0 radical (unpaired) electrons. The van der Waals surface area contributed by atoms with Gasteiger partial charge in [0.05, 0.1) is 0 Å². The molecule has 0 aromatic heterocycles. The minimum Gasteiger partial charge on any atom is -0.336 e. The molecule has 1 fully saturated rings. The van der Waals surface area contributed by atoms with Gasteiger partial charge in [-0.05, 0) is 15.8 Å². The predicted octanol–water partition coefficient (Wildman–Crippen LogP) is 0.0559. The van der Waals surface area contributed by atoms with Crippen molar-refractivity contribution < 1.29 is 22.8 Å². The van der Waals surface area contributed by atoms with E-state index in [1.165, 1.54) is 4.67 Å². The van der Waals surface area contributed by atoms with Crippen molar-refractivity contribution in [1.29, 1.82) is 0 Å². The second kappa shape index (κ2) is 3.73. The Morgan fingerprint density at radius 1 is 1.57 bits per heavy atom. The minimum atomic E-state index is -4.94. The molecule has 1 heterocycles. The molecule has 1 aliphatic rings. The Morgan fingerprint density at radius 2 is 2.14 bits per heavy atom. The maximum absolute atomic E-state index is 11.8. The number of hydrogen-bond acceptors (Lipinski definition) is 2. The molecule has 2 amide bonds. The van der Waals surface area contributed by atoms with E-state index in [2.05, 4.69) is 9.39 Å². The van der Waals surface area contributed by atoms with Crippen molar-refractivity contribution in [1.82, 2.24) is 9.99 Å². The first-order valence-electron chi connectivity index (χ1n) is 3.76. The Bertz CT molecular complexity index is 268. The van der Waals surface area contributed by atoms with Gasteiger partial charge in [-0.25, -0.2) is 0 Å². The van der Waals surface area contributed by atoms with Crippen molar-refractivity contribution in [2.75, 3.05) is 6.54 Å². The lowest BCUT2D eigenvalue weighted by molar-refractivity contribution is -0.174. The van der Waals surface area contributed by atoms with E-state index in [1.54, 1.807) is 5.32 Å². The molecule has 0 aromatic carbocycles. The molecule has 0 aromatic rings. The summed E-state index contributed by atoms with van der Waals surface area (Å²) in [6, 6.07) is -1.05. The standard InChI is InChI=1S/C6H8F3N2O2P/c7-6(8,9)5(13)10-3-1-2-11(14)4(3)12/h3H,1-2,14H2,(H,10,13). The molecule has 0 bridgehead atoms. The van der Waals surface area contributed by atoms with Gasteiger partial charge < -0.3 is 9.99 Å². The van der Waals surface area contributed by atoms with Crippen LogP contribution in [0.25, 0.3) is 0 Å². The van der Waals surface area contributed by atoms with E-state index >= 15 is 0 Å². The second-order valence-electron chi connectivity index (χ2n) is 2.84. The maximum Gasteiger partial charge on any atom is 0.471 e. The van der Waals surface area contributed by atoms with Crippen LogP contribution in [0.1, 0.15) is 6.42 Å². The summed E-state index contributed by atoms with van der Waals surface area (Å²) in [4.78, 5) is 21.5. The molecule has 2 atom stereocenters. The van der Waals surface area contributed by atoms with Crippen LogP contribution in [0.3, 0.4) is 0 Å². The van der Waals surface area contributed by atoms with Crippen molar-refractivity contribution in [2.24, 2.45) is 0 Å². The maximum atomic E-state index is 11.8. The third-order valence-corrected chi connectivity index (χ3v) is 2.32. The second-order valence-corrected chi connectivity index (χ2v) is 3.47. The fourth-order valence-electron chi connectivity index (χ4n) is 1.08. The van der Waals surface area contributed by atoms with Gasteiger partial charge in [0, 0.05) is 6.54 Å². The number of amides is 2. The van der Waals surface area contributed by atoms with E-state index in [-0.39, 0.29) is 6.42 Å². The van der Waals surface area contributed by atoms with Gasteiger partial charge >= 0.3 is 12.1 Å². The fraction of sp³-hybridized carbons (Fsp3) is 0.667. The van der Waals surface area contributed by atoms with Gasteiger partial charge in [-0.15, -0.1) is 0 Å². The van der Waals surface area contributed by atoms with Gasteiger partial charge in [-0.3, -0.25) is 9.59 Å². The average molecular weight is 228 g/mol. The summed E-state index contributed by atoms with van der Waals surface area (Å²) in [6.45, 7) is 0.326. The fourth-order valence-corrected chi connectivity index (χ4v) is 1.41. The number of nitrogens with zero attached hydrogens (tertiary/aromatic N) is 1. The molecule has 1 rings (SSSR count). The number of hydrogen-bond donors (Lipinski definition) is 1. The zero-order valence-corrected chi connectivity index (χ0v) is 8.12. The van der Waals surface area contributed by atoms with Crippen LogP contribution in [0.2, 0.25) is 0 Å². The van der Waals surface area contributed by atoms with Gasteiger partial charge in [0.25, 0.3) is 0 Å². The Kier molecular flexibility index (Phi) is 2.99. The molecule has 1 saturated heterocycles. The highest BCUT2D eigenvalue weighted by molar-refractivity contribution is 7.14. The smallest absolute Gasteiger partial charge is 0.336 e. The molecule has 0 aliphatic carbocycles. The monoisotopic (exact) mass is 228 g/mol. The number of carbonyl (C=O) groups is 2. The Morgan fingerprint density at radius 3 is 2.50 bits per heavy atom. The summed E-state index contributed by atoms with van der Waals surface area (Å²) in [5.41, 5.74) is 0. The molecule has 2 unspecified atom stereocenters. The van der Waals surface area contributed by atoms with Gasteiger partial charge in [0.15, 0.2) is 0 Å². The van der Waals surface area contributed by atoms with Crippen molar-refractivity contribution in [2.45, 2.75) is 18.6 Å². The van der Waals surface area contributed by atoms with E-state index in [9.17, 15) is 22.8 Å². The summed E-state index contributed by atoms with van der Waals surface area (Å²) >= 11 is 0. The summed E-state index contributed by atoms with van der Waals surface area (Å²) in [5, 5.41) is 1.63. The minimum absolute atomic E-state index is 0.199. The first-order chi connectivity index (χ1) is 6.32. The molecular formula is C6H8F3N2O2P. The van der Waals surface area contributed by atoms with Crippen LogP contribution in [0, 0.1) is 0 Å². The summed E-state index contributed by atoms with van der Waals surface area (Å²) in [7, 11) is 2.08. The molecule has 80 valence electrons. The van der Waals surface area contributed by atoms with Crippen molar-refractivity contribution in [3.63, 3.8) is 0 Å². The van der Waals surface area contributed by atoms with Crippen LogP contribution in [-0.4, -0.2) is 35.2 Å². The average Bonchev–Trinajstić information content (AvgIpc) is 2.34. The Hall–Kier alpha value is -0.840. The van der Waals surface area contributed by atoms with Crippen molar-refractivity contribution in [3.05, 3.63) is 0 Å². The third kappa shape index (κ3) is 2.35. The van der Waals surface area contributed by atoms with Crippen LogP contribution in [0.4, 0.5) is 13.2 Å². The predicted molar refractivity (Wildman–Crippen MR) is 44.0 cm³/mol. The van der Waals surface area contributed by atoms with E-state index in [0.717, 1.165) is 0 Å². The molecule has 1 aliphatic heterocycles. The van der Waals surface area contributed by atoms with E-state index in [0.29, 0.717) is 6.54 Å². The van der Waals surface area contributed by atoms with Gasteiger partial charge in [0.2, 0.25) is 5.91 Å². The lowest BCUT2D eigenvalue weighted by Gasteiger charge is -2.13. The van der Waals surface area contributed by atoms with Crippen LogP contribution < -0.4 is 5.32 Å². The quantitative estimate of drug-likeness (QED) is 0.645. The molecular weight excluding hydrogens is 220 g/mol. The van der Waals surface area contributed by atoms with Crippen LogP contribution in [0.5, 0.6) is 0 Å². The SMILES string of the molecule is O=C1C(NC(=O)C(F)(F)F)CCN1P. The molecule has 4 nitrogen and oxygen atoms in total. The lowest BCUT2D eigenvalue weighted by Crippen LogP contribution is -2.45. The van der Waals surface area contributed by atoms with Gasteiger partial charge in [-0.2, -0.15) is 13.2 Å². The largest absolute Gasteiger partial charge is 0.471 e. The zero-order valence-electron chi connectivity index (χ0n) is 6.97. The number of rotatable bonds is 1. The van der Waals surface area contributed by atoms with Crippen molar-refractivity contribution >= 4 is 21.2 Å². The summed E-state index contributed by atoms with van der Waals surface area (Å²) in [5.74, 6) is -2.59. The molecule has 14 heavy (non-hydrogen) atoms. The summed E-state index contributed by atoms with van der Waals surface area (Å²) in [6.07, 6.45) is -4.74. The topological polar surface area (TPSA) is 49.4 Å². The number of halogens is 3. The highest BCUT2D eigenvalue weighted by Crippen LogP contribution is 2.18. The zero-order chi connectivity index (χ0) is 10.9. The number of nitrogens with one attached hydrogen (secondary N) is 1. The molecule has 8 heteroatoms. The first-order valence-corrected chi connectivity index (χ1v) is 4.28. The highest BCUT2D eigenvalue weighted by Gasteiger charge is 2.42. The number of carbonyl (C=O) groups excluding carboxylic acids is 2. The van der Waals surface area contributed by atoms with Crippen LogP contribution >= 0.6 is 9.39 Å². The van der Waals surface area contributed by atoms with E-state index in [4.69, 9.17) is 0 Å². The molecule has 1 N–H and O–H groups in total.